The molecular weight excluding hydrogens is 268 g/mol. The zero-order valence-electron chi connectivity index (χ0n) is 11.3. The van der Waals surface area contributed by atoms with Crippen molar-refractivity contribution in [1.82, 2.24) is 4.90 Å². The number of carbonyl (C=O) groups is 1. The molecular formula is C16H16N2OS. The third kappa shape index (κ3) is 2.16. The van der Waals surface area contributed by atoms with Gasteiger partial charge in [-0.2, -0.15) is 0 Å². The van der Waals surface area contributed by atoms with Crippen molar-refractivity contribution in [2.75, 3.05) is 11.4 Å². The molecule has 1 aromatic carbocycles. The van der Waals surface area contributed by atoms with Crippen molar-refractivity contribution in [3.05, 3.63) is 54.3 Å². The molecule has 0 aromatic heterocycles. The first-order valence-electron chi connectivity index (χ1n) is 6.74. The first-order chi connectivity index (χ1) is 9.68. The average molecular weight is 284 g/mol. The summed E-state index contributed by atoms with van der Waals surface area (Å²) in [6, 6.07) is 9.58. The van der Waals surface area contributed by atoms with Gasteiger partial charge in [0.25, 0.3) is 5.91 Å². The maximum atomic E-state index is 12.3. The minimum atomic E-state index is 0.0313. The number of anilines is 1. The summed E-state index contributed by atoms with van der Waals surface area (Å²) in [5.41, 5.74) is 1.97. The van der Waals surface area contributed by atoms with E-state index in [9.17, 15) is 4.79 Å². The minimum Gasteiger partial charge on any atom is -0.312 e. The molecule has 0 saturated carbocycles. The molecule has 1 saturated heterocycles. The van der Waals surface area contributed by atoms with Crippen molar-refractivity contribution in [1.29, 1.82) is 0 Å². The molecule has 1 fully saturated rings. The number of benzene rings is 1. The van der Waals surface area contributed by atoms with Crippen LogP contribution in [0.2, 0.25) is 0 Å². The number of hydrogen-bond donors (Lipinski definition) is 0. The normalized spacial score (nSPS) is 22.4. The van der Waals surface area contributed by atoms with Gasteiger partial charge in [-0.05, 0) is 42.8 Å². The number of nitrogens with zero attached hydrogens (tertiary/aromatic N) is 2. The van der Waals surface area contributed by atoms with Crippen LogP contribution in [0.4, 0.5) is 5.69 Å². The highest BCUT2D eigenvalue weighted by molar-refractivity contribution is 7.80. The Balaban J connectivity index is 1.91. The molecule has 1 amide bonds. The van der Waals surface area contributed by atoms with Gasteiger partial charge in [0.15, 0.2) is 5.11 Å². The van der Waals surface area contributed by atoms with E-state index in [0.29, 0.717) is 17.6 Å². The predicted octanol–water partition coefficient (Wildman–Crippen LogP) is 3.10. The third-order valence-electron chi connectivity index (χ3n) is 3.69. The Labute approximate surface area is 124 Å². The maximum Gasteiger partial charge on any atom is 0.253 e. The first-order valence-corrected chi connectivity index (χ1v) is 7.15. The zero-order valence-corrected chi connectivity index (χ0v) is 12.1. The Kier molecular flexibility index (Phi) is 3.40. The molecule has 20 heavy (non-hydrogen) atoms. The number of thiocarbonyl (C=S) groups is 1. The lowest BCUT2D eigenvalue weighted by Gasteiger charge is -2.27. The summed E-state index contributed by atoms with van der Waals surface area (Å²) in [5.74, 6) is 0.422. The molecule has 1 heterocycles. The van der Waals surface area contributed by atoms with Crippen LogP contribution in [0.1, 0.15) is 13.3 Å². The Morgan fingerprint density at radius 2 is 2.00 bits per heavy atom. The van der Waals surface area contributed by atoms with Gasteiger partial charge in [0.2, 0.25) is 0 Å². The number of carbonyl (C=O) groups excluding carboxylic acids is 1. The van der Waals surface area contributed by atoms with E-state index >= 15 is 0 Å². The molecule has 102 valence electrons. The van der Waals surface area contributed by atoms with E-state index in [4.69, 9.17) is 12.2 Å². The van der Waals surface area contributed by atoms with Crippen LogP contribution in [0.5, 0.6) is 0 Å². The molecule has 0 spiro atoms. The van der Waals surface area contributed by atoms with Crippen LogP contribution < -0.4 is 4.90 Å². The van der Waals surface area contributed by atoms with E-state index in [1.54, 1.807) is 4.90 Å². The molecule has 1 aliphatic carbocycles. The van der Waals surface area contributed by atoms with Crippen molar-refractivity contribution in [2.24, 2.45) is 5.92 Å². The second-order valence-electron chi connectivity index (χ2n) is 5.09. The number of hydrogen-bond acceptors (Lipinski definition) is 2. The van der Waals surface area contributed by atoms with Gasteiger partial charge in [0, 0.05) is 5.70 Å². The van der Waals surface area contributed by atoms with Gasteiger partial charge in [-0.25, -0.2) is 0 Å². The lowest BCUT2D eigenvalue weighted by Crippen LogP contribution is -2.34. The highest BCUT2D eigenvalue weighted by Gasteiger charge is 2.36. The molecule has 1 unspecified atom stereocenters. The molecule has 0 radical (unpaired) electrons. The molecule has 0 N–H and O–H groups in total. The monoisotopic (exact) mass is 284 g/mol. The smallest absolute Gasteiger partial charge is 0.253 e. The lowest BCUT2D eigenvalue weighted by atomic mass is 9.98. The van der Waals surface area contributed by atoms with Gasteiger partial charge in [-0.1, -0.05) is 37.3 Å². The zero-order chi connectivity index (χ0) is 14.1. The number of para-hydroxylation sites is 1. The summed E-state index contributed by atoms with van der Waals surface area (Å²) in [7, 11) is 0. The average Bonchev–Trinajstić information content (AvgIpc) is 2.75. The van der Waals surface area contributed by atoms with E-state index in [0.717, 1.165) is 17.8 Å². The Bertz CT molecular complexity index is 606. The molecule has 3 rings (SSSR count). The van der Waals surface area contributed by atoms with Crippen molar-refractivity contribution < 1.29 is 4.79 Å². The molecule has 1 atom stereocenters. The second kappa shape index (κ2) is 5.21. The molecule has 3 nitrogen and oxygen atoms in total. The van der Waals surface area contributed by atoms with Gasteiger partial charge < -0.3 is 4.90 Å². The molecule has 2 aliphatic rings. The predicted molar refractivity (Wildman–Crippen MR) is 84.2 cm³/mol. The first kappa shape index (κ1) is 13.1. The van der Waals surface area contributed by atoms with Crippen LogP contribution in [0.3, 0.4) is 0 Å². The van der Waals surface area contributed by atoms with Gasteiger partial charge in [-0.15, -0.1) is 0 Å². The largest absolute Gasteiger partial charge is 0.312 e. The van der Waals surface area contributed by atoms with Crippen LogP contribution >= 0.6 is 12.2 Å². The Hall–Kier alpha value is -1.94. The number of amides is 1. The summed E-state index contributed by atoms with van der Waals surface area (Å²) in [6.07, 6.45) is 7.23. The van der Waals surface area contributed by atoms with Gasteiger partial charge in [0.05, 0.1) is 5.69 Å². The summed E-state index contributed by atoms with van der Waals surface area (Å²) in [5, 5.41) is 0.578. The van der Waals surface area contributed by atoms with E-state index in [1.807, 2.05) is 41.3 Å². The highest BCUT2D eigenvalue weighted by Crippen LogP contribution is 2.29. The number of allylic oxidation sites excluding steroid dienone is 4. The minimum absolute atomic E-state index is 0.0313. The molecule has 1 aromatic rings. The molecule has 1 aliphatic heterocycles. The van der Waals surface area contributed by atoms with E-state index in [-0.39, 0.29) is 5.91 Å². The van der Waals surface area contributed by atoms with Crippen molar-refractivity contribution in [3.63, 3.8) is 0 Å². The highest BCUT2D eigenvalue weighted by atomic mass is 32.1. The standard InChI is InChI=1S/C16H16N2OS/c1-12-7-5-6-10-14(12)17-11-15(19)18(16(17)20)13-8-3-2-4-9-13/h2-6,8-10,12H,7,11H2,1H3. The summed E-state index contributed by atoms with van der Waals surface area (Å²) >= 11 is 5.52. The van der Waals surface area contributed by atoms with Crippen LogP contribution in [0.15, 0.2) is 54.3 Å². The van der Waals surface area contributed by atoms with Gasteiger partial charge >= 0.3 is 0 Å². The number of rotatable bonds is 2. The van der Waals surface area contributed by atoms with Gasteiger partial charge in [0.1, 0.15) is 6.54 Å². The summed E-state index contributed by atoms with van der Waals surface area (Å²) in [4.78, 5) is 15.9. The third-order valence-corrected chi connectivity index (χ3v) is 4.09. The lowest BCUT2D eigenvalue weighted by molar-refractivity contribution is -0.116. The fraction of sp³-hybridized carbons (Fsp3) is 0.250. The Morgan fingerprint density at radius 1 is 1.25 bits per heavy atom. The van der Waals surface area contributed by atoms with Crippen LogP contribution in [-0.4, -0.2) is 22.5 Å². The fourth-order valence-corrected chi connectivity index (χ4v) is 3.00. The quantitative estimate of drug-likeness (QED) is 0.780. The van der Waals surface area contributed by atoms with Crippen molar-refractivity contribution >= 4 is 28.9 Å². The molecule has 0 bridgehead atoms. The Morgan fingerprint density at radius 3 is 2.70 bits per heavy atom. The second-order valence-corrected chi connectivity index (χ2v) is 5.45. The van der Waals surface area contributed by atoms with Gasteiger partial charge in [-0.3, -0.25) is 9.69 Å². The van der Waals surface area contributed by atoms with Crippen molar-refractivity contribution in [2.45, 2.75) is 13.3 Å². The van der Waals surface area contributed by atoms with Crippen LogP contribution in [0, 0.1) is 5.92 Å². The maximum absolute atomic E-state index is 12.3. The summed E-state index contributed by atoms with van der Waals surface area (Å²) < 4.78 is 0. The van der Waals surface area contributed by atoms with E-state index < -0.39 is 0 Å². The van der Waals surface area contributed by atoms with Crippen LogP contribution in [0.25, 0.3) is 0 Å². The van der Waals surface area contributed by atoms with E-state index in [2.05, 4.69) is 19.1 Å². The summed E-state index contributed by atoms with van der Waals surface area (Å²) in [6.45, 7) is 2.49. The SMILES string of the molecule is CC1CC=CC=C1N1CC(=O)N(c2ccccc2)C1=S. The van der Waals surface area contributed by atoms with E-state index in [1.165, 1.54) is 0 Å². The van der Waals surface area contributed by atoms with Crippen molar-refractivity contribution in [3.8, 4) is 0 Å². The molecule has 4 heteroatoms. The van der Waals surface area contributed by atoms with Crippen LogP contribution in [-0.2, 0) is 4.79 Å². The topological polar surface area (TPSA) is 23.6 Å². The fourth-order valence-electron chi connectivity index (χ4n) is 2.62.